The lowest BCUT2D eigenvalue weighted by Crippen LogP contribution is -1.97. The third kappa shape index (κ3) is 2.19. The van der Waals surface area contributed by atoms with E-state index in [0.717, 1.165) is 5.56 Å². The molecule has 2 nitrogen and oxygen atoms in total. The Kier molecular flexibility index (Phi) is 2.88. The van der Waals surface area contributed by atoms with Gasteiger partial charge in [0.15, 0.2) is 0 Å². The second-order valence-corrected chi connectivity index (χ2v) is 2.75. The van der Waals surface area contributed by atoms with E-state index in [1.54, 1.807) is 18.2 Å². The van der Waals surface area contributed by atoms with Gasteiger partial charge in [-0.1, -0.05) is 17.7 Å². The molecule has 11 heavy (non-hydrogen) atoms. The number of benzene rings is 1. The highest BCUT2D eigenvalue weighted by Crippen LogP contribution is 2.14. The molecule has 0 aliphatic rings. The lowest BCUT2D eigenvalue weighted by atomic mass is 10.1. The molecule has 0 fully saturated rings. The van der Waals surface area contributed by atoms with Crippen LogP contribution in [0.5, 0.6) is 0 Å². The molecule has 3 heteroatoms. The van der Waals surface area contributed by atoms with Gasteiger partial charge in [-0.05, 0) is 23.3 Å². The predicted molar refractivity (Wildman–Crippen MR) is 43.7 cm³/mol. The van der Waals surface area contributed by atoms with Gasteiger partial charge in [0.25, 0.3) is 0 Å². The van der Waals surface area contributed by atoms with Crippen molar-refractivity contribution in [2.75, 3.05) is 0 Å². The molecule has 0 bridgehead atoms. The van der Waals surface area contributed by atoms with Crippen molar-refractivity contribution >= 4 is 11.6 Å². The second kappa shape index (κ2) is 3.72. The van der Waals surface area contributed by atoms with E-state index in [-0.39, 0.29) is 6.61 Å². The summed E-state index contributed by atoms with van der Waals surface area (Å²) in [4.78, 5) is 0. The van der Waals surface area contributed by atoms with Crippen LogP contribution in [-0.2, 0) is 18.3 Å². The van der Waals surface area contributed by atoms with Gasteiger partial charge in [-0.15, -0.1) is 0 Å². The molecule has 0 aliphatic carbocycles. The van der Waals surface area contributed by atoms with Crippen molar-refractivity contribution < 1.29 is 5.11 Å². The molecule has 0 spiro atoms. The van der Waals surface area contributed by atoms with Crippen molar-refractivity contribution in [1.29, 1.82) is 0 Å². The minimum Gasteiger partial charge on any atom is -0.326 e. The van der Waals surface area contributed by atoms with E-state index >= 15 is 0 Å². The summed E-state index contributed by atoms with van der Waals surface area (Å²) in [5, 5.41) is 11.0. The van der Waals surface area contributed by atoms with Gasteiger partial charge in [0.2, 0.25) is 0 Å². The first-order chi connectivity index (χ1) is 5.26. The van der Waals surface area contributed by atoms with E-state index in [4.69, 9.17) is 17.3 Å². The van der Waals surface area contributed by atoms with Crippen LogP contribution < -0.4 is 5.73 Å². The van der Waals surface area contributed by atoms with E-state index in [2.05, 4.69) is 0 Å². The van der Waals surface area contributed by atoms with Crippen LogP contribution in [0.3, 0.4) is 0 Å². The highest BCUT2D eigenvalue weighted by molar-refractivity contribution is 6.30. The molecule has 0 aliphatic heterocycles. The molecule has 1 aromatic carbocycles. The number of halogens is 1. The van der Waals surface area contributed by atoms with Gasteiger partial charge in [0.1, 0.15) is 6.61 Å². The lowest BCUT2D eigenvalue weighted by molar-refractivity contribution is 0.177. The summed E-state index contributed by atoms with van der Waals surface area (Å²) < 4.78 is 0. The fourth-order valence-electron chi connectivity index (χ4n) is 0.919. The largest absolute Gasteiger partial charge is 0.326 e. The molecule has 2 N–H and O–H groups in total. The number of rotatable bonds is 2. The van der Waals surface area contributed by atoms with Crippen molar-refractivity contribution in [3.05, 3.63) is 34.3 Å². The lowest BCUT2D eigenvalue weighted by Gasteiger charge is -2.00. The average molecular weight is 171 g/mol. The second-order valence-electron chi connectivity index (χ2n) is 2.32. The summed E-state index contributed by atoms with van der Waals surface area (Å²) in [6.07, 6.45) is 0. The molecule has 1 rings (SSSR count). The van der Waals surface area contributed by atoms with Crippen LogP contribution in [0, 0.1) is 0 Å². The SMILES string of the molecule is NCc1cc(Cl)cc(C[O])c1. The van der Waals surface area contributed by atoms with Crippen LogP contribution in [0.1, 0.15) is 11.1 Å². The third-order valence-corrected chi connectivity index (χ3v) is 1.64. The molecule has 1 radical (unpaired) electrons. The van der Waals surface area contributed by atoms with E-state index in [9.17, 15) is 5.11 Å². The Labute approximate surface area is 70.6 Å². The van der Waals surface area contributed by atoms with Gasteiger partial charge in [-0.2, -0.15) is 0 Å². The van der Waals surface area contributed by atoms with Crippen molar-refractivity contribution in [2.24, 2.45) is 5.73 Å². The Morgan fingerprint density at radius 2 is 1.91 bits per heavy atom. The van der Waals surface area contributed by atoms with E-state index in [1.807, 2.05) is 0 Å². The minimum absolute atomic E-state index is 0.242. The standard InChI is InChI=1S/C8H9ClNO/c9-8-2-6(4-10)1-7(3-8)5-11/h1-3H,4-5,10H2. The molecule has 0 unspecified atom stereocenters. The van der Waals surface area contributed by atoms with Gasteiger partial charge < -0.3 is 5.73 Å². The maximum absolute atomic E-state index is 10.5. The summed E-state index contributed by atoms with van der Waals surface area (Å²) in [7, 11) is 0. The summed E-state index contributed by atoms with van der Waals surface area (Å²) in [6, 6.07) is 5.20. The molecule has 0 aromatic heterocycles. The van der Waals surface area contributed by atoms with Crippen LogP contribution in [-0.4, -0.2) is 0 Å². The molecular weight excluding hydrogens is 162 g/mol. The maximum Gasteiger partial charge on any atom is 0.107 e. The quantitative estimate of drug-likeness (QED) is 0.722. The molecule has 0 atom stereocenters. The number of hydrogen-bond acceptors (Lipinski definition) is 1. The highest BCUT2D eigenvalue weighted by Gasteiger charge is 1.96. The first-order valence-electron chi connectivity index (χ1n) is 3.33. The highest BCUT2D eigenvalue weighted by atomic mass is 35.5. The van der Waals surface area contributed by atoms with E-state index < -0.39 is 0 Å². The summed E-state index contributed by atoms with van der Waals surface area (Å²) in [5.74, 6) is 0. The smallest absolute Gasteiger partial charge is 0.107 e. The first-order valence-corrected chi connectivity index (χ1v) is 3.70. The topological polar surface area (TPSA) is 45.9 Å². The fourth-order valence-corrected chi connectivity index (χ4v) is 1.20. The Balaban J connectivity index is 3.02. The molecule has 59 valence electrons. The van der Waals surface area contributed by atoms with Crippen molar-refractivity contribution in [1.82, 2.24) is 0 Å². The van der Waals surface area contributed by atoms with Gasteiger partial charge >= 0.3 is 0 Å². The van der Waals surface area contributed by atoms with Gasteiger partial charge in [0, 0.05) is 11.6 Å². The van der Waals surface area contributed by atoms with Crippen molar-refractivity contribution in [2.45, 2.75) is 13.2 Å². The zero-order valence-electron chi connectivity index (χ0n) is 6.01. The van der Waals surface area contributed by atoms with Crippen LogP contribution in [0.15, 0.2) is 18.2 Å². The molecule has 0 saturated carbocycles. The van der Waals surface area contributed by atoms with Crippen molar-refractivity contribution in [3.8, 4) is 0 Å². The zero-order chi connectivity index (χ0) is 8.27. The maximum atomic E-state index is 10.5. The third-order valence-electron chi connectivity index (χ3n) is 1.42. The van der Waals surface area contributed by atoms with Crippen molar-refractivity contribution in [3.63, 3.8) is 0 Å². The van der Waals surface area contributed by atoms with Gasteiger partial charge in [-0.3, -0.25) is 0 Å². The molecule has 0 heterocycles. The molecule has 1 aromatic rings. The Hall–Kier alpha value is -0.570. The van der Waals surface area contributed by atoms with Crippen LogP contribution in [0.25, 0.3) is 0 Å². The molecular formula is C8H9ClNO. The number of hydrogen-bond donors (Lipinski definition) is 1. The van der Waals surface area contributed by atoms with Crippen LogP contribution in [0.4, 0.5) is 0 Å². The Morgan fingerprint density at radius 1 is 1.27 bits per heavy atom. The normalized spacial score (nSPS) is 10.1. The fraction of sp³-hybridized carbons (Fsp3) is 0.250. The Morgan fingerprint density at radius 3 is 2.45 bits per heavy atom. The molecule has 0 saturated heterocycles. The van der Waals surface area contributed by atoms with E-state index in [1.165, 1.54) is 0 Å². The summed E-state index contributed by atoms with van der Waals surface area (Å²) >= 11 is 5.71. The molecule has 0 amide bonds. The minimum atomic E-state index is -0.242. The summed E-state index contributed by atoms with van der Waals surface area (Å²) in [6.45, 7) is 0.182. The summed E-state index contributed by atoms with van der Waals surface area (Å²) in [5.41, 5.74) is 6.98. The van der Waals surface area contributed by atoms with Gasteiger partial charge in [-0.25, -0.2) is 5.11 Å². The Bertz CT molecular complexity index is 228. The average Bonchev–Trinajstić information content (AvgIpc) is 2.03. The van der Waals surface area contributed by atoms with Crippen LogP contribution in [0.2, 0.25) is 5.02 Å². The predicted octanol–water partition coefficient (Wildman–Crippen LogP) is 1.73. The van der Waals surface area contributed by atoms with Gasteiger partial charge in [0.05, 0.1) is 0 Å². The van der Waals surface area contributed by atoms with Crippen LogP contribution >= 0.6 is 11.6 Å². The zero-order valence-corrected chi connectivity index (χ0v) is 6.77. The monoisotopic (exact) mass is 170 g/mol. The first kappa shape index (κ1) is 8.53. The van der Waals surface area contributed by atoms with E-state index in [0.29, 0.717) is 17.1 Å². The number of nitrogens with two attached hydrogens (primary N) is 1.